The SMILES string of the molecule is C=CCNC(=O)c1ccc(N)s1. The van der Waals surface area contributed by atoms with Crippen LogP contribution in [0.5, 0.6) is 0 Å². The van der Waals surface area contributed by atoms with Crippen molar-refractivity contribution in [1.29, 1.82) is 0 Å². The molecule has 0 bridgehead atoms. The van der Waals surface area contributed by atoms with Crippen molar-refractivity contribution in [3.8, 4) is 0 Å². The second-order valence-electron chi connectivity index (χ2n) is 2.20. The van der Waals surface area contributed by atoms with E-state index in [1.807, 2.05) is 0 Å². The fraction of sp³-hybridized carbons (Fsp3) is 0.125. The average Bonchev–Trinajstić information content (AvgIpc) is 2.47. The van der Waals surface area contributed by atoms with E-state index >= 15 is 0 Å². The van der Waals surface area contributed by atoms with E-state index in [2.05, 4.69) is 11.9 Å². The van der Waals surface area contributed by atoms with E-state index in [0.717, 1.165) is 0 Å². The smallest absolute Gasteiger partial charge is 0.261 e. The van der Waals surface area contributed by atoms with Gasteiger partial charge in [0.1, 0.15) is 0 Å². The summed E-state index contributed by atoms with van der Waals surface area (Å²) < 4.78 is 0. The molecule has 1 amide bonds. The third kappa shape index (κ3) is 2.10. The summed E-state index contributed by atoms with van der Waals surface area (Å²) in [6, 6.07) is 3.42. The first-order valence-corrected chi connectivity index (χ1v) is 4.30. The van der Waals surface area contributed by atoms with Crippen LogP contribution in [0.1, 0.15) is 9.67 Å². The van der Waals surface area contributed by atoms with Gasteiger partial charge < -0.3 is 11.1 Å². The largest absolute Gasteiger partial charge is 0.391 e. The fourth-order valence-corrected chi connectivity index (χ4v) is 1.42. The van der Waals surface area contributed by atoms with Gasteiger partial charge in [-0.05, 0) is 12.1 Å². The normalized spacial score (nSPS) is 9.33. The summed E-state index contributed by atoms with van der Waals surface area (Å²) in [6.07, 6.45) is 1.63. The van der Waals surface area contributed by atoms with E-state index in [1.165, 1.54) is 11.3 Å². The zero-order valence-corrected chi connectivity index (χ0v) is 7.36. The molecule has 3 nitrogen and oxygen atoms in total. The summed E-state index contributed by atoms with van der Waals surface area (Å²) in [7, 11) is 0. The van der Waals surface area contributed by atoms with Gasteiger partial charge in [0.25, 0.3) is 5.91 Å². The minimum absolute atomic E-state index is 0.100. The van der Waals surface area contributed by atoms with Crippen molar-refractivity contribution in [3.63, 3.8) is 0 Å². The Kier molecular flexibility index (Phi) is 2.88. The molecule has 12 heavy (non-hydrogen) atoms. The topological polar surface area (TPSA) is 55.1 Å². The molecule has 3 N–H and O–H groups in total. The van der Waals surface area contributed by atoms with Gasteiger partial charge in [0.2, 0.25) is 0 Å². The number of nitrogen functional groups attached to an aromatic ring is 1. The van der Waals surface area contributed by atoms with Gasteiger partial charge >= 0.3 is 0 Å². The van der Waals surface area contributed by atoms with Crippen LogP contribution in [0.3, 0.4) is 0 Å². The molecule has 1 aromatic heterocycles. The highest BCUT2D eigenvalue weighted by atomic mass is 32.1. The van der Waals surface area contributed by atoms with Crippen LogP contribution >= 0.6 is 11.3 Å². The molecule has 0 aliphatic carbocycles. The Labute approximate surface area is 74.9 Å². The van der Waals surface area contributed by atoms with Crippen LogP contribution in [0.2, 0.25) is 0 Å². The lowest BCUT2D eigenvalue weighted by atomic mass is 10.4. The Morgan fingerprint density at radius 2 is 2.50 bits per heavy atom. The second kappa shape index (κ2) is 3.92. The van der Waals surface area contributed by atoms with Crippen molar-refractivity contribution in [1.82, 2.24) is 5.32 Å². The van der Waals surface area contributed by atoms with E-state index in [9.17, 15) is 4.79 Å². The molecular formula is C8H10N2OS. The van der Waals surface area contributed by atoms with Gasteiger partial charge in [-0.15, -0.1) is 17.9 Å². The summed E-state index contributed by atoms with van der Waals surface area (Å²) in [4.78, 5) is 11.8. The molecule has 0 fully saturated rings. The summed E-state index contributed by atoms with van der Waals surface area (Å²) in [6.45, 7) is 3.98. The standard InChI is InChI=1S/C8H10N2OS/c1-2-5-10-8(11)6-3-4-7(9)12-6/h2-4H,1,5,9H2,(H,10,11). The first kappa shape index (κ1) is 8.80. The maximum atomic E-state index is 11.2. The Morgan fingerprint density at radius 1 is 1.75 bits per heavy atom. The molecule has 64 valence electrons. The molecule has 0 radical (unpaired) electrons. The third-order valence-corrected chi connectivity index (χ3v) is 2.17. The van der Waals surface area contributed by atoms with Crippen LogP contribution in [0.25, 0.3) is 0 Å². The predicted octanol–water partition coefficient (Wildman–Crippen LogP) is 1.25. The Bertz CT molecular complexity index is 293. The van der Waals surface area contributed by atoms with E-state index in [-0.39, 0.29) is 5.91 Å². The number of carbonyl (C=O) groups excluding carboxylic acids is 1. The maximum Gasteiger partial charge on any atom is 0.261 e. The van der Waals surface area contributed by atoms with E-state index < -0.39 is 0 Å². The molecule has 0 aliphatic rings. The van der Waals surface area contributed by atoms with Crippen molar-refractivity contribution in [2.24, 2.45) is 0 Å². The van der Waals surface area contributed by atoms with Gasteiger partial charge in [-0.25, -0.2) is 0 Å². The fourth-order valence-electron chi connectivity index (χ4n) is 0.727. The van der Waals surface area contributed by atoms with Crippen LogP contribution in [-0.2, 0) is 0 Å². The Morgan fingerprint density at radius 3 is 3.00 bits per heavy atom. The number of nitrogens with two attached hydrogens (primary N) is 1. The van der Waals surface area contributed by atoms with Gasteiger partial charge in [0, 0.05) is 6.54 Å². The van der Waals surface area contributed by atoms with Crippen molar-refractivity contribution >= 4 is 22.2 Å². The lowest BCUT2D eigenvalue weighted by molar-refractivity contribution is 0.0962. The van der Waals surface area contributed by atoms with Crippen molar-refractivity contribution < 1.29 is 4.79 Å². The number of carbonyl (C=O) groups is 1. The van der Waals surface area contributed by atoms with Crippen molar-refractivity contribution in [2.75, 3.05) is 12.3 Å². The highest BCUT2D eigenvalue weighted by molar-refractivity contribution is 7.17. The summed E-state index contributed by atoms with van der Waals surface area (Å²) in [5, 5.41) is 3.31. The van der Waals surface area contributed by atoms with E-state index in [0.29, 0.717) is 16.4 Å². The third-order valence-electron chi connectivity index (χ3n) is 1.26. The molecular weight excluding hydrogens is 172 g/mol. The zero-order valence-electron chi connectivity index (χ0n) is 6.54. The summed E-state index contributed by atoms with van der Waals surface area (Å²) >= 11 is 1.28. The van der Waals surface area contributed by atoms with Crippen LogP contribution < -0.4 is 11.1 Å². The van der Waals surface area contributed by atoms with Crippen LogP contribution in [0.4, 0.5) is 5.00 Å². The van der Waals surface area contributed by atoms with Gasteiger partial charge in [-0.2, -0.15) is 0 Å². The zero-order chi connectivity index (χ0) is 8.97. The number of thiophene rings is 1. The molecule has 0 aliphatic heterocycles. The number of hydrogen-bond donors (Lipinski definition) is 2. The average molecular weight is 182 g/mol. The van der Waals surface area contributed by atoms with Gasteiger partial charge in [-0.1, -0.05) is 6.08 Å². The Balaban J connectivity index is 2.59. The van der Waals surface area contributed by atoms with E-state index in [1.54, 1.807) is 18.2 Å². The van der Waals surface area contributed by atoms with Crippen LogP contribution in [-0.4, -0.2) is 12.5 Å². The highest BCUT2D eigenvalue weighted by Gasteiger charge is 2.05. The summed E-state index contributed by atoms with van der Waals surface area (Å²) in [5.74, 6) is -0.100. The number of anilines is 1. The first-order valence-electron chi connectivity index (χ1n) is 3.48. The molecule has 0 unspecified atom stereocenters. The molecule has 1 heterocycles. The molecule has 0 spiro atoms. The minimum atomic E-state index is -0.100. The second-order valence-corrected chi connectivity index (χ2v) is 3.32. The molecule has 0 saturated carbocycles. The molecule has 0 saturated heterocycles. The number of amides is 1. The van der Waals surface area contributed by atoms with Crippen LogP contribution in [0.15, 0.2) is 24.8 Å². The summed E-state index contributed by atoms with van der Waals surface area (Å²) in [5.41, 5.74) is 5.46. The van der Waals surface area contributed by atoms with Gasteiger partial charge in [0.15, 0.2) is 0 Å². The lowest BCUT2D eigenvalue weighted by Gasteiger charge is -1.96. The van der Waals surface area contributed by atoms with Crippen molar-refractivity contribution in [2.45, 2.75) is 0 Å². The molecule has 0 aromatic carbocycles. The number of rotatable bonds is 3. The highest BCUT2D eigenvalue weighted by Crippen LogP contribution is 2.17. The Hall–Kier alpha value is -1.29. The predicted molar refractivity (Wildman–Crippen MR) is 51.3 cm³/mol. The van der Waals surface area contributed by atoms with Gasteiger partial charge in [0.05, 0.1) is 9.88 Å². The molecule has 4 heteroatoms. The van der Waals surface area contributed by atoms with Gasteiger partial charge in [-0.3, -0.25) is 4.79 Å². The quantitative estimate of drug-likeness (QED) is 0.691. The lowest BCUT2D eigenvalue weighted by Crippen LogP contribution is -2.21. The molecule has 1 rings (SSSR count). The van der Waals surface area contributed by atoms with Crippen molar-refractivity contribution in [3.05, 3.63) is 29.7 Å². The first-order chi connectivity index (χ1) is 5.74. The van der Waals surface area contributed by atoms with Crippen LogP contribution in [0, 0.1) is 0 Å². The maximum absolute atomic E-state index is 11.2. The molecule has 1 aromatic rings. The number of hydrogen-bond acceptors (Lipinski definition) is 3. The molecule has 0 atom stereocenters. The monoisotopic (exact) mass is 182 g/mol. The van der Waals surface area contributed by atoms with E-state index in [4.69, 9.17) is 5.73 Å². The number of nitrogens with one attached hydrogen (secondary N) is 1. The minimum Gasteiger partial charge on any atom is -0.391 e.